The Morgan fingerprint density at radius 2 is 1.81 bits per heavy atom. The van der Waals surface area contributed by atoms with Crippen LogP contribution in [0.15, 0.2) is 23.3 Å². The predicted molar refractivity (Wildman–Crippen MR) is 129 cm³/mol. The van der Waals surface area contributed by atoms with E-state index in [-0.39, 0.29) is 0 Å². The van der Waals surface area contributed by atoms with E-state index in [4.69, 9.17) is 9.72 Å². The summed E-state index contributed by atoms with van der Waals surface area (Å²) in [7, 11) is 1.84. The van der Waals surface area contributed by atoms with Gasteiger partial charge in [-0.3, -0.25) is 9.89 Å². The highest BCUT2D eigenvalue weighted by molar-refractivity contribution is 5.79. The van der Waals surface area contributed by atoms with Gasteiger partial charge in [0.15, 0.2) is 5.96 Å². The van der Waals surface area contributed by atoms with Crippen LogP contribution < -0.4 is 15.5 Å². The van der Waals surface area contributed by atoms with Crippen LogP contribution in [0.3, 0.4) is 0 Å². The van der Waals surface area contributed by atoms with Gasteiger partial charge < -0.3 is 20.3 Å². The van der Waals surface area contributed by atoms with Crippen molar-refractivity contribution in [2.24, 2.45) is 10.9 Å². The first-order valence-corrected chi connectivity index (χ1v) is 12.1. The summed E-state index contributed by atoms with van der Waals surface area (Å²) in [5.74, 6) is 2.62. The smallest absolute Gasteiger partial charge is 0.191 e. The molecule has 1 aromatic heterocycles. The van der Waals surface area contributed by atoms with Gasteiger partial charge in [0, 0.05) is 58.6 Å². The fraction of sp³-hybridized carbons (Fsp3) is 0.750. The van der Waals surface area contributed by atoms with Crippen molar-refractivity contribution in [3.8, 4) is 0 Å². The highest BCUT2D eigenvalue weighted by atomic mass is 16.5. The number of rotatable bonds is 8. The Bertz CT molecular complexity index is 649. The fourth-order valence-electron chi connectivity index (χ4n) is 4.48. The molecule has 0 aliphatic carbocycles. The SMILES string of the molecule is CN=C(NCc1ccc(N2CCCCCC2)nc1)NCC(CC(C)C)N1CCOCC1. The number of hydrogen-bond acceptors (Lipinski definition) is 5. The third kappa shape index (κ3) is 7.96. The van der Waals surface area contributed by atoms with Crippen LogP contribution >= 0.6 is 0 Å². The number of ether oxygens (including phenoxy) is 1. The van der Waals surface area contributed by atoms with Gasteiger partial charge in [0.1, 0.15) is 5.82 Å². The molecule has 0 saturated carbocycles. The molecule has 3 rings (SSSR count). The molecule has 7 heteroatoms. The molecule has 7 nitrogen and oxygen atoms in total. The second kappa shape index (κ2) is 12.9. The molecule has 3 heterocycles. The molecule has 174 valence electrons. The molecule has 2 aliphatic heterocycles. The average Bonchev–Trinajstić information content (AvgIpc) is 3.09. The van der Waals surface area contributed by atoms with E-state index in [1.807, 2.05) is 13.2 Å². The number of hydrogen-bond donors (Lipinski definition) is 2. The van der Waals surface area contributed by atoms with Gasteiger partial charge in [0.25, 0.3) is 0 Å². The maximum Gasteiger partial charge on any atom is 0.191 e. The molecule has 2 aliphatic rings. The van der Waals surface area contributed by atoms with Crippen LogP contribution in [0.2, 0.25) is 0 Å². The van der Waals surface area contributed by atoms with Crippen molar-refractivity contribution in [3.63, 3.8) is 0 Å². The van der Waals surface area contributed by atoms with Crippen LogP contribution in [0.5, 0.6) is 0 Å². The van der Waals surface area contributed by atoms with E-state index in [2.05, 4.69) is 51.4 Å². The summed E-state index contributed by atoms with van der Waals surface area (Å²) in [6.45, 7) is 12.2. The minimum Gasteiger partial charge on any atom is -0.379 e. The molecule has 31 heavy (non-hydrogen) atoms. The summed E-state index contributed by atoms with van der Waals surface area (Å²) in [5, 5.41) is 6.99. The van der Waals surface area contributed by atoms with Gasteiger partial charge in [0.05, 0.1) is 13.2 Å². The first-order valence-electron chi connectivity index (χ1n) is 12.1. The molecule has 1 aromatic rings. The average molecular weight is 431 g/mol. The Labute approximate surface area is 188 Å². The number of pyridine rings is 1. The van der Waals surface area contributed by atoms with Crippen molar-refractivity contribution in [1.29, 1.82) is 0 Å². The lowest BCUT2D eigenvalue weighted by Gasteiger charge is -2.35. The first kappa shape index (κ1) is 23.8. The minimum absolute atomic E-state index is 0.497. The van der Waals surface area contributed by atoms with E-state index < -0.39 is 0 Å². The maximum atomic E-state index is 5.54. The Morgan fingerprint density at radius 3 is 2.42 bits per heavy atom. The van der Waals surface area contributed by atoms with Crippen LogP contribution in [0.4, 0.5) is 5.82 Å². The van der Waals surface area contributed by atoms with E-state index in [9.17, 15) is 0 Å². The zero-order chi connectivity index (χ0) is 21.9. The van der Waals surface area contributed by atoms with Crippen molar-refractivity contribution >= 4 is 11.8 Å². The van der Waals surface area contributed by atoms with Crippen LogP contribution in [-0.2, 0) is 11.3 Å². The van der Waals surface area contributed by atoms with Gasteiger partial charge in [-0.1, -0.05) is 32.8 Å². The van der Waals surface area contributed by atoms with Crippen molar-refractivity contribution in [2.45, 2.75) is 58.5 Å². The molecule has 0 amide bonds. The summed E-state index contributed by atoms with van der Waals surface area (Å²) in [6.07, 6.45) is 8.40. The topological polar surface area (TPSA) is 65.0 Å². The van der Waals surface area contributed by atoms with Crippen LogP contribution in [-0.4, -0.2) is 74.9 Å². The normalized spacial score (nSPS) is 19.9. The predicted octanol–water partition coefficient (Wildman–Crippen LogP) is 2.87. The largest absolute Gasteiger partial charge is 0.379 e. The van der Waals surface area contributed by atoms with E-state index in [0.29, 0.717) is 12.0 Å². The number of nitrogens with one attached hydrogen (secondary N) is 2. The molecule has 1 atom stereocenters. The minimum atomic E-state index is 0.497. The van der Waals surface area contributed by atoms with Gasteiger partial charge >= 0.3 is 0 Å². The number of anilines is 1. The molecular weight excluding hydrogens is 388 g/mol. The molecular formula is C24H42N6O. The lowest BCUT2D eigenvalue weighted by atomic mass is 10.0. The quantitative estimate of drug-likeness (QED) is 0.488. The van der Waals surface area contributed by atoms with E-state index >= 15 is 0 Å². The summed E-state index contributed by atoms with van der Waals surface area (Å²) in [4.78, 5) is 14.1. The van der Waals surface area contributed by atoms with Gasteiger partial charge in [-0.05, 0) is 36.8 Å². The Balaban J connectivity index is 1.47. The summed E-state index contributed by atoms with van der Waals surface area (Å²) in [6, 6.07) is 4.84. The molecule has 0 aromatic carbocycles. The van der Waals surface area contributed by atoms with Gasteiger partial charge in [-0.15, -0.1) is 0 Å². The summed E-state index contributed by atoms with van der Waals surface area (Å²) in [5.41, 5.74) is 1.17. The number of guanidine groups is 1. The van der Waals surface area contributed by atoms with Gasteiger partial charge in [-0.25, -0.2) is 4.98 Å². The van der Waals surface area contributed by atoms with Crippen LogP contribution in [0, 0.1) is 5.92 Å². The lowest BCUT2D eigenvalue weighted by Crippen LogP contribution is -2.50. The third-order valence-electron chi connectivity index (χ3n) is 6.23. The zero-order valence-electron chi connectivity index (χ0n) is 19.8. The second-order valence-electron chi connectivity index (χ2n) is 9.16. The number of nitrogens with zero attached hydrogens (tertiary/aromatic N) is 4. The van der Waals surface area contributed by atoms with E-state index in [1.54, 1.807) is 0 Å². The number of morpholine rings is 1. The zero-order valence-corrected chi connectivity index (χ0v) is 19.8. The summed E-state index contributed by atoms with van der Waals surface area (Å²) < 4.78 is 5.54. The van der Waals surface area contributed by atoms with Crippen LogP contribution in [0.25, 0.3) is 0 Å². The molecule has 2 saturated heterocycles. The number of aliphatic imine (C=N–C) groups is 1. The van der Waals surface area contributed by atoms with E-state index in [1.165, 1.54) is 37.7 Å². The highest BCUT2D eigenvalue weighted by Gasteiger charge is 2.22. The van der Waals surface area contributed by atoms with Crippen molar-refractivity contribution in [3.05, 3.63) is 23.9 Å². The first-order chi connectivity index (χ1) is 15.2. The number of aromatic nitrogens is 1. The van der Waals surface area contributed by atoms with Crippen molar-refractivity contribution in [2.75, 3.05) is 57.9 Å². The molecule has 2 N–H and O–H groups in total. The monoisotopic (exact) mass is 430 g/mol. The Morgan fingerprint density at radius 1 is 1.06 bits per heavy atom. The maximum absolute atomic E-state index is 5.54. The third-order valence-corrected chi connectivity index (χ3v) is 6.23. The lowest BCUT2D eigenvalue weighted by molar-refractivity contribution is 0.0132. The Hall–Kier alpha value is -1.86. The van der Waals surface area contributed by atoms with Gasteiger partial charge in [-0.2, -0.15) is 0 Å². The van der Waals surface area contributed by atoms with Crippen molar-refractivity contribution in [1.82, 2.24) is 20.5 Å². The van der Waals surface area contributed by atoms with E-state index in [0.717, 1.165) is 64.3 Å². The molecule has 0 spiro atoms. The van der Waals surface area contributed by atoms with Crippen molar-refractivity contribution < 1.29 is 4.74 Å². The van der Waals surface area contributed by atoms with Crippen LogP contribution in [0.1, 0.15) is 51.5 Å². The molecule has 2 fully saturated rings. The standard InChI is InChI=1S/C24H42N6O/c1-20(2)16-22(29-12-14-31-15-13-29)19-28-24(25-3)27-18-21-8-9-23(26-17-21)30-10-6-4-5-7-11-30/h8-9,17,20,22H,4-7,10-16,18-19H2,1-3H3,(H2,25,27,28). The second-order valence-corrected chi connectivity index (χ2v) is 9.16. The van der Waals surface area contributed by atoms with Gasteiger partial charge in [0.2, 0.25) is 0 Å². The molecule has 0 radical (unpaired) electrons. The fourth-order valence-corrected chi connectivity index (χ4v) is 4.48. The Kier molecular flexibility index (Phi) is 9.87. The molecule has 1 unspecified atom stereocenters. The summed E-state index contributed by atoms with van der Waals surface area (Å²) >= 11 is 0. The molecule has 0 bridgehead atoms. The highest BCUT2D eigenvalue weighted by Crippen LogP contribution is 2.17.